The number of esters is 1. The van der Waals surface area contributed by atoms with E-state index in [1.807, 2.05) is 6.07 Å². The van der Waals surface area contributed by atoms with Gasteiger partial charge in [-0.05, 0) is 19.8 Å². The van der Waals surface area contributed by atoms with Crippen LogP contribution in [0.3, 0.4) is 0 Å². The van der Waals surface area contributed by atoms with Crippen LogP contribution in [0, 0.1) is 0 Å². The van der Waals surface area contributed by atoms with Crippen molar-refractivity contribution in [1.29, 1.82) is 0 Å². The number of rotatable bonds is 5. The Bertz CT molecular complexity index is 394. The van der Waals surface area contributed by atoms with E-state index in [1.54, 1.807) is 13.3 Å². The van der Waals surface area contributed by atoms with Crippen molar-refractivity contribution in [3.63, 3.8) is 0 Å². The van der Waals surface area contributed by atoms with Crippen molar-refractivity contribution in [2.24, 2.45) is 0 Å². The van der Waals surface area contributed by atoms with Crippen LogP contribution in [0.15, 0.2) is 12.4 Å². The topological polar surface area (TPSA) is 84.3 Å². The zero-order valence-electron chi connectivity index (χ0n) is 11.4. The van der Waals surface area contributed by atoms with Crippen molar-refractivity contribution in [2.75, 3.05) is 25.1 Å². The van der Waals surface area contributed by atoms with Gasteiger partial charge in [0.1, 0.15) is 12.1 Å². The van der Waals surface area contributed by atoms with Crippen LogP contribution in [0.2, 0.25) is 0 Å². The number of carbonyl (C=O) groups is 1. The molecular weight excluding hydrogens is 246 g/mol. The molecule has 6 nitrogen and oxygen atoms in total. The molecule has 0 amide bonds. The molecule has 106 valence electrons. The maximum Gasteiger partial charge on any atom is 0.302 e. The normalized spacial score (nSPS) is 13.2. The summed E-state index contributed by atoms with van der Waals surface area (Å²) in [5.74, 6) is 1.25. The van der Waals surface area contributed by atoms with Gasteiger partial charge in [-0.3, -0.25) is 4.79 Å². The molecule has 1 aliphatic rings. The number of aliphatic hydroxyl groups excluding tert-OH is 1. The minimum absolute atomic E-state index is 0.128. The lowest BCUT2D eigenvalue weighted by atomic mass is 10.3. The Morgan fingerprint density at radius 3 is 2.74 bits per heavy atom. The van der Waals surface area contributed by atoms with Gasteiger partial charge < -0.3 is 15.2 Å². The zero-order valence-corrected chi connectivity index (χ0v) is 11.4. The van der Waals surface area contributed by atoms with Crippen LogP contribution >= 0.6 is 0 Å². The van der Waals surface area contributed by atoms with E-state index in [-0.39, 0.29) is 12.6 Å². The number of hydrogen-bond donors (Lipinski definition) is 2. The van der Waals surface area contributed by atoms with E-state index in [0.717, 1.165) is 11.5 Å². The Hall–Kier alpha value is -1.69. The van der Waals surface area contributed by atoms with Crippen molar-refractivity contribution in [1.82, 2.24) is 9.97 Å². The number of nitrogens with zero attached hydrogens (tertiary/aromatic N) is 2. The first kappa shape index (κ1) is 15.4. The van der Waals surface area contributed by atoms with Crippen LogP contribution < -0.4 is 5.32 Å². The van der Waals surface area contributed by atoms with Crippen LogP contribution in [0.25, 0.3) is 0 Å². The van der Waals surface area contributed by atoms with E-state index in [0.29, 0.717) is 19.1 Å². The first-order valence-corrected chi connectivity index (χ1v) is 6.47. The summed E-state index contributed by atoms with van der Waals surface area (Å²) in [7, 11) is 0. The molecule has 1 aromatic heterocycles. The van der Waals surface area contributed by atoms with Crippen LogP contribution in [0.5, 0.6) is 0 Å². The third-order valence-corrected chi connectivity index (χ3v) is 2.45. The number of aliphatic hydroxyl groups is 1. The molecular formula is C13H21N3O3. The van der Waals surface area contributed by atoms with Crippen molar-refractivity contribution in [3.05, 3.63) is 18.1 Å². The van der Waals surface area contributed by atoms with Crippen molar-refractivity contribution >= 4 is 11.8 Å². The summed E-state index contributed by atoms with van der Waals surface area (Å²) in [5.41, 5.74) is 1.12. The summed E-state index contributed by atoms with van der Waals surface area (Å²) in [6.45, 7) is 4.32. The van der Waals surface area contributed by atoms with Gasteiger partial charge in [-0.1, -0.05) is 0 Å². The summed E-state index contributed by atoms with van der Waals surface area (Å²) in [6.07, 6.45) is 4.07. The lowest BCUT2D eigenvalue weighted by Gasteiger charge is -2.03. The van der Waals surface area contributed by atoms with E-state index in [9.17, 15) is 4.79 Å². The molecule has 0 aliphatic heterocycles. The predicted molar refractivity (Wildman–Crippen MR) is 71.9 cm³/mol. The van der Waals surface area contributed by atoms with Crippen LogP contribution in [0.1, 0.15) is 38.3 Å². The van der Waals surface area contributed by atoms with E-state index in [2.05, 4.69) is 20.0 Å². The molecule has 19 heavy (non-hydrogen) atoms. The molecule has 2 rings (SSSR count). The largest absolute Gasteiger partial charge is 0.466 e. The first-order chi connectivity index (χ1) is 9.17. The minimum atomic E-state index is -0.211. The standard InChI is InChI=1S/C9H13N3O.C4H8O2/c13-4-3-10-9-5-8(7-1-2-7)11-6-12-9;1-3-6-4(2)5/h5-7,13H,1-4H2,(H,10,11,12);3H2,1-2H3. The smallest absolute Gasteiger partial charge is 0.302 e. The number of carbonyl (C=O) groups excluding carboxylic acids is 1. The van der Waals surface area contributed by atoms with Gasteiger partial charge in [-0.25, -0.2) is 9.97 Å². The highest BCUT2D eigenvalue weighted by molar-refractivity contribution is 5.65. The van der Waals surface area contributed by atoms with Gasteiger partial charge in [0.15, 0.2) is 0 Å². The molecule has 2 N–H and O–H groups in total. The number of nitrogens with one attached hydrogen (secondary N) is 1. The molecule has 1 heterocycles. The lowest BCUT2D eigenvalue weighted by Crippen LogP contribution is -2.07. The number of hydrogen-bond acceptors (Lipinski definition) is 6. The molecule has 0 bridgehead atoms. The molecule has 1 saturated carbocycles. The summed E-state index contributed by atoms with van der Waals surface area (Å²) in [6, 6.07) is 1.97. The summed E-state index contributed by atoms with van der Waals surface area (Å²) < 4.78 is 4.40. The van der Waals surface area contributed by atoms with E-state index in [4.69, 9.17) is 5.11 Å². The summed E-state index contributed by atoms with van der Waals surface area (Å²) >= 11 is 0. The SMILES string of the molecule is CCOC(C)=O.OCCNc1cc(C2CC2)ncn1. The van der Waals surface area contributed by atoms with E-state index in [1.165, 1.54) is 19.8 Å². The summed E-state index contributed by atoms with van der Waals surface area (Å²) in [4.78, 5) is 18.1. The van der Waals surface area contributed by atoms with E-state index < -0.39 is 0 Å². The van der Waals surface area contributed by atoms with Crippen LogP contribution in [-0.4, -0.2) is 40.8 Å². The Kier molecular flexibility index (Phi) is 6.81. The second-order valence-electron chi connectivity index (χ2n) is 4.18. The Labute approximate surface area is 113 Å². The second kappa shape index (κ2) is 8.42. The average molecular weight is 267 g/mol. The van der Waals surface area contributed by atoms with Gasteiger partial charge in [0.2, 0.25) is 0 Å². The minimum Gasteiger partial charge on any atom is -0.466 e. The van der Waals surface area contributed by atoms with Crippen LogP contribution in [0.4, 0.5) is 5.82 Å². The van der Waals surface area contributed by atoms with Crippen molar-refractivity contribution in [2.45, 2.75) is 32.6 Å². The number of ether oxygens (including phenoxy) is 1. The molecule has 1 aliphatic carbocycles. The molecule has 0 radical (unpaired) electrons. The number of anilines is 1. The third-order valence-electron chi connectivity index (χ3n) is 2.45. The molecule has 6 heteroatoms. The quantitative estimate of drug-likeness (QED) is 0.783. The molecule has 1 aromatic rings. The Balaban J connectivity index is 0.000000258. The highest BCUT2D eigenvalue weighted by Gasteiger charge is 2.25. The van der Waals surface area contributed by atoms with Gasteiger partial charge in [0.25, 0.3) is 0 Å². The monoisotopic (exact) mass is 267 g/mol. The fourth-order valence-electron chi connectivity index (χ4n) is 1.46. The number of aromatic nitrogens is 2. The zero-order chi connectivity index (χ0) is 14.1. The maximum absolute atomic E-state index is 9.82. The third kappa shape index (κ3) is 6.71. The van der Waals surface area contributed by atoms with E-state index >= 15 is 0 Å². The molecule has 0 unspecified atom stereocenters. The highest BCUT2D eigenvalue weighted by Crippen LogP contribution is 2.39. The maximum atomic E-state index is 9.82. The van der Waals surface area contributed by atoms with Gasteiger partial charge >= 0.3 is 5.97 Å². The van der Waals surface area contributed by atoms with Gasteiger partial charge in [0.05, 0.1) is 13.2 Å². The van der Waals surface area contributed by atoms with Gasteiger partial charge in [-0.15, -0.1) is 0 Å². The van der Waals surface area contributed by atoms with Crippen molar-refractivity contribution in [3.8, 4) is 0 Å². The predicted octanol–water partition coefficient (Wildman–Crippen LogP) is 1.33. The molecule has 0 aromatic carbocycles. The lowest BCUT2D eigenvalue weighted by molar-refractivity contribution is -0.140. The Morgan fingerprint density at radius 2 is 2.26 bits per heavy atom. The second-order valence-corrected chi connectivity index (χ2v) is 4.18. The molecule has 1 fully saturated rings. The average Bonchev–Trinajstić information content (AvgIpc) is 3.21. The molecule has 0 atom stereocenters. The summed E-state index contributed by atoms with van der Waals surface area (Å²) in [5, 5.41) is 11.6. The first-order valence-electron chi connectivity index (χ1n) is 6.47. The highest BCUT2D eigenvalue weighted by atomic mass is 16.5. The van der Waals surface area contributed by atoms with Crippen molar-refractivity contribution < 1.29 is 14.6 Å². The van der Waals surface area contributed by atoms with Crippen LogP contribution in [-0.2, 0) is 9.53 Å². The van der Waals surface area contributed by atoms with Gasteiger partial charge in [-0.2, -0.15) is 0 Å². The molecule has 0 saturated heterocycles. The fourth-order valence-corrected chi connectivity index (χ4v) is 1.46. The fraction of sp³-hybridized carbons (Fsp3) is 0.615. The molecule has 0 spiro atoms. The Morgan fingerprint density at radius 1 is 1.53 bits per heavy atom. The van der Waals surface area contributed by atoms with Gasteiger partial charge in [0, 0.05) is 31.1 Å².